The van der Waals surface area contributed by atoms with Gasteiger partial charge in [0.1, 0.15) is 10.9 Å². The van der Waals surface area contributed by atoms with Crippen LogP contribution in [0.2, 0.25) is 0 Å². The highest BCUT2D eigenvalue weighted by Crippen LogP contribution is 2.37. The van der Waals surface area contributed by atoms with Gasteiger partial charge in [-0.25, -0.2) is 0 Å². The summed E-state index contributed by atoms with van der Waals surface area (Å²) in [5, 5.41) is 19.1. The molecule has 0 aromatic heterocycles. The van der Waals surface area contributed by atoms with Crippen molar-refractivity contribution >= 4 is 52.6 Å². The van der Waals surface area contributed by atoms with E-state index in [4.69, 9.17) is 0 Å². The largest absolute Gasteiger partial charge is 0.325 e. The number of thioether (sulfide) groups is 1. The topological polar surface area (TPSA) is 130 Å². The first-order valence-corrected chi connectivity index (χ1v) is 15.9. The first-order valence-electron chi connectivity index (χ1n) is 15.0. The molecule has 0 saturated heterocycles. The monoisotopic (exact) mass is 656 g/mol. The number of nitrogens with zero attached hydrogens (tertiary/aromatic N) is 1. The Morgan fingerprint density at radius 1 is 0.750 bits per heavy atom. The lowest BCUT2D eigenvalue weighted by molar-refractivity contribution is -0.384. The van der Waals surface area contributed by atoms with Crippen molar-refractivity contribution in [2.45, 2.75) is 24.0 Å². The smallest absolute Gasteiger partial charge is 0.272 e. The van der Waals surface area contributed by atoms with Gasteiger partial charge in [0.15, 0.2) is 0 Å². The SMILES string of the molecule is Cc1cccc(NC(=O)C(Sc2ccc(NC(=O)/C(=C/c3ccc([N+](=O)[O-])cc3)NC(=O)c3ccccc3)cc2)c2ccccc2)c1C. The molecule has 0 heterocycles. The van der Waals surface area contributed by atoms with Crippen molar-refractivity contribution in [2.24, 2.45) is 0 Å². The zero-order valence-corrected chi connectivity index (χ0v) is 27.0. The Balaban J connectivity index is 1.34. The Bertz CT molecular complexity index is 1960. The Morgan fingerprint density at radius 3 is 2.04 bits per heavy atom. The number of hydrogen-bond donors (Lipinski definition) is 3. The van der Waals surface area contributed by atoms with Gasteiger partial charge < -0.3 is 16.0 Å². The molecule has 3 N–H and O–H groups in total. The van der Waals surface area contributed by atoms with Crippen LogP contribution in [0.25, 0.3) is 6.08 Å². The van der Waals surface area contributed by atoms with Gasteiger partial charge in [-0.05, 0) is 96.8 Å². The van der Waals surface area contributed by atoms with E-state index < -0.39 is 22.0 Å². The van der Waals surface area contributed by atoms with Gasteiger partial charge in [-0.15, -0.1) is 11.8 Å². The molecule has 1 atom stereocenters. The van der Waals surface area contributed by atoms with Crippen molar-refractivity contribution in [1.82, 2.24) is 5.32 Å². The molecular formula is C38H32N4O5S. The van der Waals surface area contributed by atoms with E-state index in [0.29, 0.717) is 16.8 Å². The van der Waals surface area contributed by atoms with Gasteiger partial charge in [0.2, 0.25) is 5.91 Å². The summed E-state index contributed by atoms with van der Waals surface area (Å²) in [5.74, 6) is -1.24. The zero-order valence-electron chi connectivity index (χ0n) is 26.2. The van der Waals surface area contributed by atoms with Crippen LogP contribution in [0.3, 0.4) is 0 Å². The average molecular weight is 657 g/mol. The number of nitrogens with one attached hydrogen (secondary N) is 3. The molecule has 5 aromatic carbocycles. The van der Waals surface area contributed by atoms with E-state index in [0.717, 1.165) is 27.3 Å². The summed E-state index contributed by atoms with van der Waals surface area (Å²) in [4.78, 5) is 51.4. The zero-order chi connectivity index (χ0) is 34.0. The number of carbonyl (C=O) groups is 3. The summed E-state index contributed by atoms with van der Waals surface area (Å²) in [5.41, 5.74) is 4.85. The van der Waals surface area contributed by atoms with E-state index in [1.807, 2.05) is 74.5 Å². The number of benzene rings is 5. The summed E-state index contributed by atoms with van der Waals surface area (Å²) in [6.45, 7) is 3.97. The minimum absolute atomic E-state index is 0.0524. The Morgan fingerprint density at radius 2 is 1.40 bits per heavy atom. The lowest BCUT2D eigenvalue weighted by Crippen LogP contribution is -2.30. The molecule has 0 fully saturated rings. The minimum Gasteiger partial charge on any atom is -0.325 e. The van der Waals surface area contributed by atoms with Crippen LogP contribution >= 0.6 is 11.8 Å². The molecule has 0 saturated carbocycles. The predicted molar refractivity (Wildman–Crippen MR) is 190 cm³/mol. The van der Waals surface area contributed by atoms with Crippen molar-refractivity contribution in [3.63, 3.8) is 0 Å². The molecule has 9 nitrogen and oxygen atoms in total. The van der Waals surface area contributed by atoms with Gasteiger partial charge in [-0.2, -0.15) is 0 Å². The van der Waals surface area contributed by atoms with E-state index in [-0.39, 0.29) is 17.3 Å². The van der Waals surface area contributed by atoms with Crippen LogP contribution in [0.1, 0.15) is 37.9 Å². The van der Waals surface area contributed by atoms with E-state index in [1.54, 1.807) is 42.5 Å². The van der Waals surface area contributed by atoms with Gasteiger partial charge >= 0.3 is 0 Å². The molecule has 0 radical (unpaired) electrons. The predicted octanol–water partition coefficient (Wildman–Crippen LogP) is 8.09. The lowest BCUT2D eigenvalue weighted by atomic mass is 10.1. The van der Waals surface area contributed by atoms with Crippen molar-refractivity contribution in [1.29, 1.82) is 0 Å². The molecule has 1 unspecified atom stereocenters. The van der Waals surface area contributed by atoms with Crippen LogP contribution in [-0.2, 0) is 9.59 Å². The first-order chi connectivity index (χ1) is 23.2. The molecule has 240 valence electrons. The molecule has 5 aromatic rings. The highest BCUT2D eigenvalue weighted by Gasteiger charge is 2.23. The van der Waals surface area contributed by atoms with Gasteiger partial charge in [-0.3, -0.25) is 24.5 Å². The molecule has 48 heavy (non-hydrogen) atoms. The molecular weight excluding hydrogens is 625 g/mol. The second-order valence-corrected chi connectivity index (χ2v) is 12.0. The van der Waals surface area contributed by atoms with Crippen LogP contribution in [0, 0.1) is 24.0 Å². The van der Waals surface area contributed by atoms with E-state index in [1.165, 1.54) is 42.1 Å². The van der Waals surface area contributed by atoms with Crippen molar-refractivity contribution in [3.8, 4) is 0 Å². The second-order valence-electron chi connectivity index (χ2n) is 10.9. The van der Waals surface area contributed by atoms with E-state index in [9.17, 15) is 24.5 Å². The summed E-state index contributed by atoms with van der Waals surface area (Å²) >= 11 is 1.38. The van der Waals surface area contributed by atoms with Crippen molar-refractivity contribution < 1.29 is 19.3 Å². The van der Waals surface area contributed by atoms with Crippen LogP contribution in [0.4, 0.5) is 17.1 Å². The third-order valence-electron chi connectivity index (χ3n) is 7.51. The second kappa shape index (κ2) is 15.5. The van der Waals surface area contributed by atoms with Crippen LogP contribution in [0.5, 0.6) is 0 Å². The Hall–Kier alpha value is -6.00. The number of nitro groups is 1. The van der Waals surface area contributed by atoms with Crippen LogP contribution in [-0.4, -0.2) is 22.6 Å². The van der Waals surface area contributed by atoms with Crippen LogP contribution in [0.15, 0.2) is 138 Å². The Kier molecular flexibility index (Phi) is 10.8. The van der Waals surface area contributed by atoms with E-state index in [2.05, 4.69) is 16.0 Å². The number of carbonyl (C=O) groups excluding carboxylic acids is 3. The highest BCUT2D eigenvalue weighted by atomic mass is 32.2. The summed E-state index contributed by atoms with van der Waals surface area (Å²) in [6, 6.07) is 36.4. The number of hydrogen-bond acceptors (Lipinski definition) is 6. The fourth-order valence-electron chi connectivity index (χ4n) is 4.74. The summed E-state index contributed by atoms with van der Waals surface area (Å²) in [7, 11) is 0. The Labute approximate surface area is 282 Å². The number of aryl methyl sites for hydroxylation is 1. The molecule has 0 bridgehead atoms. The third kappa shape index (κ3) is 8.62. The van der Waals surface area contributed by atoms with Gasteiger partial charge in [0.25, 0.3) is 17.5 Å². The molecule has 0 aliphatic rings. The highest BCUT2D eigenvalue weighted by molar-refractivity contribution is 8.00. The fourth-order valence-corrected chi connectivity index (χ4v) is 5.76. The summed E-state index contributed by atoms with van der Waals surface area (Å²) in [6.07, 6.45) is 1.45. The van der Waals surface area contributed by atoms with E-state index >= 15 is 0 Å². The number of non-ortho nitro benzene ring substituents is 1. The molecule has 3 amide bonds. The summed E-state index contributed by atoms with van der Waals surface area (Å²) < 4.78 is 0. The minimum atomic E-state index is -0.590. The number of rotatable bonds is 11. The normalized spacial score (nSPS) is 11.7. The lowest BCUT2D eigenvalue weighted by Gasteiger charge is -2.19. The number of nitro benzene ring substituents is 1. The van der Waals surface area contributed by atoms with Gasteiger partial charge in [-0.1, -0.05) is 60.7 Å². The van der Waals surface area contributed by atoms with Crippen LogP contribution < -0.4 is 16.0 Å². The number of anilines is 2. The fraction of sp³-hybridized carbons (Fsp3) is 0.0789. The van der Waals surface area contributed by atoms with Gasteiger partial charge in [0, 0.05) is 34.0 Å². The quantitative estimate of drug-likeness (QED) is 0.0570. The molecule has 0 spiro atoms. The van der Waals surface area contributed by atoms with Gasteiger partial charge in [0.05, 0.1) is 4.92 Å². The standard InChI is InChI=1S/C38H32N4O5S/c1-25-10-9-15-33(26(25)2)40-38(45)35(28-11-5-3-6-12-28)48-32-22-18-30(19-23-32)39-37(44)34(41-36(43)29-13-7-4-8-14-29)24-27-16-20-31(21-17-27)42(46)47/h3-24,35H,1-2H3,(H,39,44)(H,40,45)(H,41,43)/b34-24-. The van der Waals surface area contributed by atoms with Crippen molar-refractivity contribution in [2.75, 3.05) is 10.6 Å². The molecule has 5 rings (SSSR count). The maximum atomic E-state index is 13.6. The van der Waals surface area contributed by atoms with Crippen molar-refractivity contribution in [3.05, 3.63) is 171 Å². The maximum absolute atomic E-state index is 13.6. The molecule has 0 aliphatic heterocycles. The average Bonchev–Trinajstić information content (AvgIpc) is 3.10. The molecule has 10 heteroatoms. The maximum Gasteiger partial charge on any atom is 0.272 e. The first kappa shape index (κ1) is 33.4. The third-order valence-corrected chi connectivity index (χ3v) is 8.78. The molecule has 0 aliphatic carbocycles. The number of amides is 3.